The van der Waals surface area contributed by atoms with E-state index < -0.39 is 0 Å². The van der Waals surface area contributed by atoms with Gasteiger partial charge in [0.15, 0.2) is 0 Å². The smallest absolute Gasteiger partial charge is 0.319 e. The van der Waals surface area contributed by atoms with Crippen molar-refractivity contribution in [3.05, 3.63) is 64.8 Å². The number of urea groups is 1. The molecule has 2 aromatic carbocycles. The van der Waals surface area contributed by atoms with Crippen LogP contribution >= 0.6 is 11.6 Å². The molecule has 3 aromatic rings. The molecule has 1 fully saturated rings. The predicted octanol–water partition coefficient (Wildman–Crippen LogP) is 4.47. The Bertz CT molecular complexity index is 1360. The first-order valence-corrected chi connectivity index (χ1v) is 11.5. The monoisotopic (exact) mass is 492 g/mol. The van der Waals surface area contributed by atoms with Crippen LogP contribution in [0.3, 0.4) is 0 Å². The van der Waals surface area contributed by atoms with E-state index in [4.69, 9.17) is 25.8 Å². The van der Waals surface area contributed by atoms with E-state index in [1.165, 1.54) is 0 Å². The zero-order valence-corrected chi connectivity index (χ0v) is 19.4. The lowest BCUT2D eigenvalue weighted by atomic mass is 10.1. The van der Waals surface area contributed by atoms with Gasteiger partial charge in [-0.15, -0.1) is 0 Å². The molecule has 3 amide bonds. The van der Waals surface area contributed by atoms with Crippen LogP contribution in [0.4, 0.5) is 16.3 Å². The Balaban J connectivity index is 1.14. The van der Waals surface area contributed by atoms with Gasteiger partial charge in [0.1, 0.15) is 34.9 Å². The van der Waals surface area contributed by atoms with E-state index in [1.54, 1.807) is 37.6 Å². The van der Waals surface area contributed by atoms with Gasteiger partial charge in [0.25, 0.3) is 0 Å². The molecule has 3 N–H and O–H groups in total. The van der Waals surface area contributed by atoms with E-state index in [0.29, 0.717) is 46.6 Å². The highest BCUT2D eigenvalue weighted by Gasteiger charge is 2.59. The second-order valence-electron chi connectivity index (χ2n) is 8.56. The number of hydrogen-bond donors (Lipinski definition) is 3. The third-order valence-corrected chi connectivity index (χ3v) is 6.71. The number of nitrogens with one attached hydrogen (secondary N) is 3. The average molecular weight is 493 g/mol. The number of fused-ring (bicyclic) bond motifs is 4. The SMILES string of the molecule is COc1ccc(Cl)c(NC(=O)NC2C3Oc4ccc(Oc5ccnc6c5CCC(=O)N6)cc4C23)c1. The minimum Gasteiger partial charge on any atom is -0.497 e. The lowest BCUT2D eigenvalue weighted by molar-refractivity contribution is -0.116. The van der Waals surface area contributed by atoms with Crippen LogP contribution in [0.5, 0.6) is 23.0 Å². The highest BCUT2D eigenvalue weighted by molar-refractivity contribution is 6.33. The molecule has 2 aliphatic heterocycles. The van der Waals surface area contributed by atoms with Crippen LogP contribution in [-0.4, -0.2) is 36.2 Å². The molecule has 3 unspecified atom stereocenters. The molecule has 3 aliphatic rings. The average Bonchev–Trinajstić information content (AvgIpc) is 3.36. The third kappa shape index (κ3) is 3.97. The van der Waals surface area contributed by atoms with Gasteiger partial charge in [-0.05, 0) is 42.8 Å². The zero-order valence-electron chi connectivity index (χ0n) is 18.6. The van der Waals surface area contributed by atoms with Crippen molar-refractivity contribution in [1.82, 2.24) is 10.3 Å². The number of nitrogens with zero attached hydrogens (tertiary/aromatic N) is 1. The number of anilines is 2. The largest absolute Gasteiger partial charge is 0.497 e. The molecule has 3 atom stereocenters. The molecule has 6 rings (SSSR count). The molecular formula is C25H21ClN4O5. The highest BCUT2D eigenvalue weighted by atomic mass is 35.5. The molecule has 178 valence electrons. The molecule has 9 nitrogen and oxygen atoms in total. The van der Waals surface area contributed by atoms with Crippen molar-refractivity contribution in [2.45, 2.75) is 30.9 Å². The Morgan fingerprint density at radius 3 is 2.89 bits per heavy atom. The van der Waals surface area contributed by atoms with Crippen molar-refractivity contribution in [2.24, 2.45) is 0 Å². The maximum Gasteiger partial charge on any atom is 0.319 e. The second kappa shape index (κ2) is 8.35. The van der Waals surface area contributed by atoms with Crippen molar-refractivity contribution in [2.75, 3.05) is 17.7 Å². The van der Waals surface area contributed by atoms with Crippen molar-refractivity contribution in [3.8, 4) is 23.0 Å². The van der Waals surface area contributed by atoms with Gasteiger partial charge < -0.3 is 30.2 Å². The maximum atomic E-state index is 12.6. The minimum absolute atomic E-state index is 0.0331. The summed E-state index contributed by atoms with van der Waals surface area (Å²) in [7, 11) is 1.55. The van der Waals surface area contributed by atoms with E-state index in [-0.39, 0.29) is 30.0 Å². The number of benzene rings is 2. The van der Waals surface area contributed by atoms with Crippen LogP contribution in [0, 0.1) is 0 Å². The Morgan fingerprint density at radius 2 is 2.03 bits per heavy atom. The standard InChI is InChI=1S/C25H21ClN4O5/c1-33-12-2-5-16(26)17(11-12)28-25(32)30-22-21-15-10-13(3-6-18(15)35-23(21)22)34-19-8-9-27-24-14(19)4-7-20(31)29-24/h2-3,5-6,8-11,21-23H,4,7H2,1H3,(H,27,29,31)(H2,28,30,32). The van der Waals surface area contributed by atoms with E-state index in [2.05, 4.69) is 20.9 Å². The maximum absolute atomic E-state index is 12.6. The van der Waals surface area contributed by atoms with Crippen LogP contribution in [0.1, 0.15) is 23.5 Å². The first kappa shape index (κ1) is 21.5. The molecule has 0 saturated heterocycles. The van der Waals surface area contributed by atoms with E-state index in [1.807, 2.05) is 18.2 Å². The number of carbonyl (C=O) groups is 2. The van der Waals surface area contributed by atoms with E-state index in [0.717, 1.165) is 16.9 Å². The summed E-state index contributed by atoms with van der Waals surface area (Å²) in [5.41, 5.74) is 2.32. The first-order chi connectivity index (χ1) is 17.0. The van der Waals surface area contributed by atoms with Crippen LogP contribution in [0.15, 0.2) is 48.7 Å². The first-order valence-electron chi connectivity index (χ1n) is 11.2. The molecular weight excluding hydrogens is 472 g/mol. The molecule has 1 aliphatic carbocycles. The number of amides is 3. The van der Waals surface area contributed by atoms with Crippen molar-refractivity contribution >= 4 is 35.0 Å². The molecule has 10 heteroatoms. The Kier molecular flexibility index (Phi) is 5.14. The number of ether oxygens (including phenoxy) is 3. The van der Waals surface area contributed by atoms with Crippen molar-refractivity contribution in [3.63, 3.8) is 0 Å². The summed E-state index contributed by atoms with van der Waals surface area (Å²) < 4.78 is 17.4. The summed E-state index contributed by atoms with van der Waals surface area (Å²) in [5.74, 6) is 3.21. The quantitative estimate of drug-likeness (QED) is 0.484. The van der Waals surface area contributed by atoms with Gasteiger partial charge in [-0.25, -0.2) is 9.78 Å². The fraction of sp³-hybridized carbons (Fsp3) is 0.240. The van der Waals surface area contributed by atoms with Crippen LogP contribution < -0.4 is 30.2 Å². The van der Waals surface area contributed by atoms with Crippen LogP contribution in [-0.2, 0) is 11.2 Å². The summed E-state index contributed by atoms with van der Waals surface area (Å²) in [6.07, 6.45) is 2.45. The topological polar surface area (TPSA) is 111 Å². The number of carbonyl (C=O) groups excluding carboxylic acids is 2. The summed E-state index contributed by atoms with van der Waals surface area (Å²) >= 11 is 6.19. The third-order valence-electron chi connectivity index (χ3n) is 6.38. The predicted molar refractivity (Wildman–Crippen MR) is 129 cm³/mol. The zero-order chi connectivity index (χ0) is 24.1. The number of methoxy groups -OCH3 is 1. The van der Waals surface area contributed by atoms with Crippen molar-refractivity contribution < 1.29 is 23.8 Å². The molecule has 3 heterocycles. The van der Waals surface area contributed by atoms with Crippen molar-refractivity contribution in [1.29, 1.82) is 0 Å². The summed E-state index contributed by atoms with van der Waals surface area (Å²) in [5, 5.41) is 8.92. The van der Waals surface area contributed by atoms with Gasteiger partial charge in [0, 0.05) is 29.8 Å². The minimum atomic E-state index is -0.373. The van der Waals surface area contributed by atoms with Gasteiger partial charge in [-0.3, -0.25) is 4.79 Å². The highest BCUT2D eigenvalue weighted by Crippen LogP contribution is 2.54. The lowest BCUT2D eigenvalue weighted by Crippen LogP contribution is -2.34. The van der Waals surface area contributed by atoms with Gasteiger partial charge in [-0.1, -0.05) is 11.6 Å². The molecule has 0 radical (unpaired) electrons. The Morgan fingerprint density at radius 1 is 1.17 bits per heavy atom. The molecule has 1 aromatic heterocycles. The summed E-state index contributed by atoms with van der Waals surface area (Å²) in [6, 6.07) is 12.0. The number of pyridine rings is 1. The number of hydrogen-bond acceptors (Lipinski definition) is 6. The fourth-order valence-corrected chi connectivity index (χ4v) is 4.76. The van der Waals surface area contributed by atoms with E-state index >= 15 is 0 Å². The van der Waals surface area contributed by atoms with Gasteiger partial charge >= 0.3 is 6.03 Å². The van der Waals surface area contributed by atoms with Crippen LogP contribution in [0.25, 0.3) is 0 Å². The molecule has 0 bridgehead atoms. The second-order valence-corrected chi connectivity index (χ2v) is 8.97. The fourth-order valence-electron chi connectivity index (χ4n) is 4.59. The summed E-state index contributed by atoms with van der Waals surface area (Å²) in [6.45, 7) is 0. The molecule has 1 saturated carbocycles. The van der Waals surface area contributed by atoms with Crippen LogP contribution in [0.2, 0.25) is 5.02 Å². The van der Waals surface area contributed by atoms with Gasteiger partial charge in [0.05, 0.1) is 29.8 Å². The Hall–Kier alpha value is -3.98. The molecule has 35 heavy (non-hydrogen) atoms. The number of rotatable bonds is 5. The summed E-state index contributed by atoms with van der Waals surface area (Å²) in [4.78, 5) is 28.5. The number of aromatic nitrogens is 1. The van der Waals surface area contributed by atoms with Gasteiger partial charge in [-0.2, -0.15) is 0 Å². The van der Waals surface area contributed by atoms with E-state index in [9.17, 15) is 9.59 Å². The number of halogens is 1. The Labute approximate surface area is 205 Å². The molecule has 0 spiro atoms. The lowest BCUT2D eigenvalue weighted by Gasteiger charge is -2.19. The normalized spacial score (nSPS) is 21.0. The van der Waals surface area contributed by atoms with Gasteiger partial charge in [0.2, 0.25) is 5.91 Å².